The van der Waals surface area contributed by atoms with E-state index in [0.29, 0.717) is 12.1 Å². The summed E-state index contributed by atoms with van der Waals surface area (Å²) < 4.78 is 0. The van der Waals surface area contributed by atoms with Crippen LogP contribution in [0.5, 0.6) is 0 Å². The van der Waals surface area contributed by atoms with Gasteiger partial charge in [0.05, 0.1) is 0 Å². The van der Waals surface area contributed by atoms with Gasteiger partial charge in [0.15, 0.2) is 0 Å². The van der Waals surface area contributed by atoms with Gasteiger partial charge >= 0.3 is 0 Å². The van der Waals surface area contributed by atoms with E-state index >= 15 is 0 Å². The summed E-state index contributed by atoms with van der Waals surface area (Å²) >= 11 is 0. The second kappa shape index (κ2) is 11.5. The minimum Gasteiger partial charge on any atom is -0.307 e. The fraction of sp³-hybridized carbons (Fsp3) is 0.636. The third-order valence-corrected chi connectivity index (χ3v) is 5.15. The topological polar surface area (TPSA) is 12.0 Å². The molecular formula is C22H35N. The molecule has 23 heavy (non-hydrogen) atoms. The van der Waals surface area contributed by atoms with Crippen LogP contribution in [0.25, 0.3) is 0 Å². The van der Waals surface area contributed by atoms with E-state index < -0.39 is 0 Å². The van der Waals surface area contributed by atoms with Gasteiger partial charge in [-0.2, -0.15) is 0 Å². The Labute approximate surface area is 143 Å². The summed E-state index contributed by atoms with van der Waals surface area (Å²) in [5, 5.41) is 3.95. The Bertz CT molecular complexity index is 399. The Kier molecular flexibility index (Phi) is 9.09. The number of hydrogen-bond acceptors (Lipinski definition) is 1. The van der Waals surface area contributed by atoms with Gasteiger partial charge in [0.1, 0.15) is 0 Å². The van der Waals surface area contributed by atoms with Crippen LogP contribution in [-0.4, -0.2) is 6.04 Å². The molecule has 0 heterocycles. The average molecular weight is 314 g/mol. The van der Waals surface area contributed by atoms with Crippen LogP contribution in [0.15, 0.2) is 43.0 Å². The zero-order valence-electron chi connectivity index (χ0n) is 14.8. The lowest BCUT2D eigenvalue weighted by atomic mass is 9.95. The molecule has 0 bridgehead atoms. The van der Waals surface area contributed by atoms with E-state index in [2.05, 4.69) is 48.3 Å². The van der Waals surface area contributed by atoms with Crippen molar-refractivity contribution < 1.29 is 0 Å². The van der Waals surface area contributed by atoms with Crippen LogP contribution in [-0.2, 0) is 0 Å². The normalized spacial score (nSPS) is 20.2. The molecule has 1 unspecified atom stereocenters. The van der Waals surface area contributed by atoms with Crippen LogP contribution in [0.3, 0.4) is 0 Å². The first-order valence-corrected chi connectivity index (χ1v) is 9.82. The molecule has 0 amide bonds. The first-order valence-electron chi connectivity index (χ1n) is 9.82. The van der Waals surface area contributed by atoms with Gasteiger partial charge < -0.3 is 5.32 Å². The monoisotopic (exact) mass is 313 g/mol. The Morgan fingerprint density at radius 2 is 1.39 bits per heavy atom. The van der Waals surface area contributed by atoms with E-state index in [-0.39, 0.29) is 0 Å². The Balaban J connectivity index is 1.92. The van der Waals surface area contributed by atoms with Gasteiger partial charge in [0.2, 0.25) is 0 Å². The minimum atomic E-state index is 0.423. The summed E-state index contributed by atoms with van der Waals surface area (Å²) in [6, 6.07) is 12.0. The van der Waals surface area contributed by atoms with Crippen molar-refractivity contribution in [2.45, 2.75) is 89.1 Å². The molecule has 0 spiro atoms. The van der Waals surface area contributed by atoms with Crippen LogP contribution < -0.4 is 5.32 Å². The standard InChI is InChI=1S/C22H35N/c1-2-15-22(20-16-11-10-12-17-20)23-21-18-13-8-6-4-3-5-7-9-14-19-21/h2,10-12,16-17,21-23H,1,3-9,13-15,18-19H2. The molecule has 1 atom stereocenters. The lowest BCUT2D eigenvalue weighted by molar-refractivity contribution is 0.365. The first-order chi connectivity index (χ1) is 11.4. The van der Waals surface area contributed by atoms with Gasteiger partial charge in [0.25, 0.3) is 0 Å². The predicted molar refractivity (Wildman–Crippen MR) is 102 cm³/mol. The summed E-state index contributed by atoms with van der Waals surface area (Å²) in [4.78, 5) is 0. The summed E-state index contributed by atoms with van der Waals surface area (Å²) in [7, 11) is 0. The highest BCUT2D eigenvalue weighted by atomic mass is 14.9. The highest BCUT2D eigenvalue weighted by molar-refractivity contribution is 5.19. The van der Waals surface area contributed by atoms with Crippen molar-refractivity contribution in [2.75, 3.05) is 0 Å². The second-order valence-corrected chi connectivity index (χ2v) is 7.11. The number of benzene rings is 1. The Morgan fingerprint density at radius 3 is 1.91 bits per heavy atom. The highest BCUT2D eigenvalue weighted by Crippen LogP contribution is 2.22. The molecular weight excluding hydrogens is 278 g/mol. The van der Waals surface area contributed by atoms with Crippen molar-refractivity contribution in [1.29, 1.82) is 0 Å². The number of nitrogens with one attached hydrogen (secondary N) is 1. The molecule has 1 fully saturated rings. The lowest BCUT2D eigenvalue weighted by Gasteiger charge is -2.26. The fourth-order valence-electron chi connectivity index (χ4n) is 3.77. The van der Waals surface area contributed by atoms with Crippen LogP contribution in [0.2, 0.25) is 0 Å². The summed E-state index contributed by atoms with van der Waals surface area (Å²) in [5.74, 6) is 0. The first kappa shape index (κ1) is 18.3. The van der Waals surface area contributed by atoms with Crippen molar-refractivity contribution in [3.05, 3.63) is 48.6 Å². The third-order valence-electron chi connectivity index (χ3n) is 5.15. The van der Waals surface area contributed by atoms with E-state index in [0.717, 1.165) is 6.42 Å². The summed E-state index contributed by atoms with van der Waals surface area (Å²) in [5.41, 5.74) is 1.40. The lowest BCUT2D eigenvalue weighted by Crippen LogP contribution is -2.33. The Hall–Kier alpha value is -1.08. The van der Waals surface area contributed by atoms with Crippen molar-refractivity contribution in [3.63, 3.8) is 0 Å². The largest absolute Gasteiger partial charge is 0.307 e. The van der Waals surface area contributed by atoms with Crippen molar-refractivity contribution >= 4 is 0 Å². The fourth-order valence-corrected chi connectivity index (χ4v) is 3.77. The van der Waals surface area contributed by atoms with Crippen molar-refractivity contribution in [2.24, 2.45) is 0 Å². The molecule has 0 saturated heterocycles. The Morgan fingerprint density at radius 1 is 0.870 bits per heavy atom. The molecule has 1 heteroatoms. The zero-order chi connectivity index (χ0) is 16.2. The van der Waals surface area contributed by atoms with E-state index in [4.69, 9.17) is 0 Å². The molecule has 1 aliphatic rings. The summed E-state index contributed by atoms with van der Waals surface area (Å²) in [6.45, 7) is 3.96. The molecule has 1 nitrogen and oxygen atoms in total. The van der Waals surface area contributed by atoms with E-state index in [9.17, 15) is 0 Å². The van der Waals surface area contributed by atoms with Gasteiger partial charge in [-0.1, -0.05) is 94.2 Å². The molecule has 0 aliphatic heterocycles. The maximum Gasteiger partial charge on any atom is 0.0357 e. The third kappa shape index (κ3) is 7.35. The van der Waals surface area contributed by atoms with E-state index in [1.54, 1.807) is 0 Å². The van der Waals surface area contributed by atoms with Crippen LogP contribution >= 0.6 is 0 Å². The molecule has 1 aromatic carbocycles. The SMILES string of the molecule is C=CCC(NC1CCCCCCCCCCC1)c1ccccc1. The maximum atomic E-state index is 3.96. The zero-order valence-corrected chi connectivity index (χ0v) is 14.8. The highest BCUT2D eigenvalue weighted by Gasteiger charge is 2.16. The molecule has 1 N–H and O–H groups in total. The molecule has 1 aliphatic carbocycles. The molecule has 0 radical (unpaired) electrons. The number of rotatable bonds is 5. The van der Waals surface area contributed by atoms with Crippen LogP contribution in [0.4, 0.5) is 0 Å². The van der Waals surface area contributed by atoms with E-state index in [1.807, 2.05) is 0 Å². The smallest absolute Gasteiger partial charge is 0.0357 e. The second-order valence-electron chi connectivity index (χ2n) is 7.11. The quantitative estimate of drug-likeness (QED) is 0.606. The molecule has 2 rings (SSSR count). The van der Waals surface area contributed by atoms with Gasteiger partial charge in [-0.05, 0) is 24.8 Å². The minimum absolute atomic E-state index is 0.423. The van der Waals surface area contributed by atoms with Crippen molar-refractivity contribution in [1.82, 2.24) is 5.32 Å². The molecule has 1 saturated carbocycles. The molecule has 1 aromatic rings. The molecule has 128 valence electrons. The maximum absolute atomic E-state index is 3.96. The van der Waals surface area contributed by atoms with E-state index in [1.165, 1.54) is 76.2 Å². The van der Waals surface area contributed by atoms with Gasteiger partial charge in [-0.15, -0.1) is 6.58 Å². The van der Waals surface area contributed by atoms with Gasteiger partial charge in [-0.3, -0.25) is 0 Å². The number of hydrogen-bond donors (Lipinski definition) is 1. The molecule has 0 aromatic heterocycles. The predicted octanol–water partition coefficient (Wildman–Crippen LogP) is 6.57. The van der Waals surface area contributed by atoms with Gasteiger partial charge in [-0.25, -0.2) is 0 Å². The summed E-state index contributed by atoms with van der Waals surface area (Å²) in [6.07, 6.45) is 18.5. The van der Waals surface area contributed by atoms with Crippen molar-refractivity contribution in [3.8, 4) is 0 Å². The average Bonchev–Trinajstić information content (AvgIpc) is 2.57. The van der Waals surface area contributed by atoms with Crippen LogP contribution in [0.1, 0.15) is 88.7 Å². The van der Waals surface area contributed by atoms with Crippen LogP contribution in [0, 0.1) is 0 Å². The van der Waals surface area contributed by atoms with Gasteiger partial charge in [0, 0.05) is 12.1 Å².